The summed E-state index contributed by atoms with van der Waals surface area (Å²) in [7, 11) is 1.81. The normalized spacial score (nSPS) is 12.5. The van der Waals surface area contributed by atoms with Gasteiger partial charge in [-0.15, -0.1) is 0 Å². The number of aryl methyl sites for hydroxylation is 2. The van der Waals surface area contributed by atoms with Gasteiger partial charge < -0.3 is 10.3 Å². The van der Waals surface area contributed by atoms with Crippen molar-refractivity contribution in [2.45, 2.75) is 13.5 Å². The van der Waals surface area contributed by atoms with E-state index in [1.807, 2.05) is 43.7 Å². The number of fused-ring (bicyclic) bond motifs is 2. The lowest BCUT2D eigenvalue weighted by molar-refractivity contribution is 0.102. The zero-order valence-electron chi connectivity index (χ0n) is 15.5. The summed E-state index contributed by atoms with van der Waals surface area (Å²) < 4.78 is 1.64. The number of carbonyl (C=O) groups is 1. The Kier molecular flexibility index (Phi) is 3.61. The molecule has 1 aliphatic heterocycles. The third-order valence-corrected chi connectivity index (χ3v) is 4.99. The lowest BCUT2D eigenvalue weighted by Gasteiger charge is -2.13. The zero-order valence-corrected chi connectivity index (χ0v) is 15.5. The Morgan fingerprint density at radius 1 is 1.29 bits per heavy atom. The van der Waals surface area contributed by atoms with Crippen LogP contribution in [0.5, 0.6) is 0 Å². The van der Waals surface area contributed by atoms with E-state index in [0.717, 1.165) is 44.5 Å². The van der Waals surface area contributed by atoms with Crippen LogP contribution in [0.15, 0.2) is 47.8 Å². The maximum atomic E-state index is 12.8. The van der Waals surface area contributed by atoms with E-state index >= 15 is 0 Å². The highest BCUT2D eigenvalue weighted by molar-refractivity contribution is 6.08. The van der Waals surface area contributed by atoms with Crippen LogP contribution in [0.4, 0.5) is 5.69 Å². The van der Waals surface area contributed by atoms with E-state index < -0.39 is 0 Å². The smallest absolute Gasteiger partial charge is 0.276 e. The highest BCUT2D eigenvalue weighted by Crippen LogP contribution is 2.34. The molecule has 1 aromatic carbocycles. The van der Waals surface area contributed by atoms with E-state index in [2.05, 4.69) is 31.4 Å². The summed E-state index contributed by atoms with van der Waals surface area (Å²) in [5.41, 5.74) is 6.96. The van der Waals surface area contributed by atoms with Crippen molar-refractivity contribution in [3.8, 4) is 11.1 Å². The molecule has 0 unspecified atom stereocenters. The molecule has 3 aromatic heterocycles. The summed E-state index contributed by atoms with van der Waals surface area (Å²) in [6.07, 6.45) is 7.31. The molecule has 0 fully saturated rings. The molecule has 0 saturated carbocycles. The monoisotopic (exact) mass is 370 g/mol. The minimum Gasteiger partial charge on any atom is -0.346 e. The van der Waals surface area contributed by atoms with Gasteiger partial charge in [-0.1, -0.05) is 0 Å². The van der Waals surface area contributed by atoms with Crippen molar-refractivity contribution < 1.29 is 4.79 Å². The fourth-order valence-electron chi connectivity index (χ4n) is 3.72. The van der Waals surface area contributed by atoms with Crippen molar-refractivity contribution in [3.05, 3.63) is 65.2 Å². The maximum absolute atomic E-state index is 12.8. The summed E-state index contributed by atoms with van der Waals surface area (Å²) in [6, 6.07) is 8.12. The predicted octanol–water partition coefficient (Wildman–Crippen LogP) is 3.46. The second-order valence-electron chi connectivity index (χ2n) is 6.95. The average molecular weight is 370 g/mol. The third kappa shape index (κ3) is 2.60. The maximum Gasteiger partial charge on any atom is 0.276 e. The molecular weight excluding hydrogens is 352 g/mol. The molecule has 1 aliphatic rings. The number of carbonyl (C=O) groups excluding carboxylic acids is 1. The molecule has 0 radical (unpaired) electrons. The van der Waals surface area contributed by atoms with Crippen LogP contribution < -0.4 is 5.32 Å². The van der Waals surface area contributed by atoms with E-state index in [1.165, 1.54) is 0 Å². The number of H-pyrrole nitrogens is 1. The van der Waals surface area contributed by atoms with Crippen LogP contribution in [0.3, 0.4) is 0 Å². The molecule has 0 atom stereocenters. The number of aromatic amines is 1. The number of aromatic nitrogens is 4. The summed E-state index contributed by atoms with van der Waals surface area (Å²) in [5.74, 6) is -0.223. The van der Waals surface area contributed by atoms with Gasteiger partial charge in [0.05, 0.1) is 12.2 Å². The highest BCUT2D eigenvalue weighted by Gasteiger charge is 2.19. The van der Waals surface area contributed by atoms with Crippen molar-refractivity contribution in [3.63, 3.8) is 0 Å². The molecule has 28 heavy (non-hydrogen) atoms. The summed E-state index contributed by atoms with van der Waals surface area (Å²) in [4.78, 5) is 24.7. The van der Waals surface area contributed by atoms with Crippen molar-refractivity contribution in [1.82, 2.24) is 19.7 Å². The van der Waals surface area contributed by atoms with Crippen LogP contribution in [0.1, 0.15) is 27.2 Å². The number of benzene rings is 1. The van der Waals surface area contributed by atoms with Crippen LogP contribution >= 0.6 is 0 Å². The standard InChI is InChI=1S/C21H18N6O/c1-12-11-27(2)26-19(12)21(28)25-18-8-13(7-14-9-22-10-17(14)18)15-3-5-23-20-16(15)4-6-24-20/h3-8,10-11H,9H2,1-2H3,(H,23,24)(H,25,28). The quantitative estimate of drug-likeness (QED) is 0.579. The second-order valence-corrected chi connectivity index (χ2v) is 6.95. The summed E-state index contributed by atoms with van der Waals surface area (Å²) in [6.45, 7) is 2.49. The van der Waals surface area contributed by atoms with Gasteiger partial charge in [0.25, 0.3) is 5.91 Å². The molecule has 0 spiro atoms. The number of rotatable bonds is 3. The van der Waals surface area contributed by atoms with E-state index in [0.29, 0.717) is 12.2 Å². The van der Waals surface area contributed by atoms with Gasteiger partial charge in [-0.2, -0.15) is 5.10 Å². The molecule has 4 aromatic rings. The Hall–Kier alpha value is -3.74. The fourth-order valence-corrected chi connectivity index (χ4v) is 3.72. The molecule has 1 amide bonds. The molecule has 7 nitrogen and oxygen atoms in total. The summed E-state index contributed by atoms with van der Waals surface area (Å²) >= 11 is 0. The Morgan fingerprint density at radius 3 is 3.00 bits per heavy atom. The molecule has 0 saturated heterocycles. The summed E-state index contributed by atoms with van der Waals surface area (Å²) in [5, 5.41) is 8.35. The number of hydrogen-bond acceptors (Lipinski definition) is 4. The van der Waals surface area contributed by atoms with Crippen molar-refractivity contribution >= 4 is 28.8 Å². The molecule has 4 heterocycles. The topological polar surface area (TPSA) is 88.0 Å². The number of nitrogens with one attached hydrogen (secondary N) is 2. The number of nitrogens with zero attached hydrogens (tertiary/aromatic N) is 4. The van der Waals surface area contributed by atoms with Crippen LogP contribution in [-0.2, 0) is 13.6 Å². The van der Waals surface area contributed by atoms with Crippen molar-refractivity contribution in [2.75, 3.05) is 5.32 Å². The first kappa shape index (κ1) is 16.4. The Morgan fingerprint density at radius 2 is 2.18 bits per heavy atom. The third-order valence-electron chi connectivity index (χ3n) is 4.99. The number of aliphatic imine (C=N–C) groups is 1. The molecule has 0 aliphatic carbocycles. The highest BCUT2D eigenvalue weighted by atomic mass is 16.2. The van der Waals surface area contributed by atoms with Crippen LogP contribution in [0, 0.1) is 6.92 Å². The SMILES string of the molecule is Cc1cn(C)nc1C(=O)Nc1cc(-c2ccnc3[nH]ccc23)cc2c1C=NC2. The Balaban J connectivity index is 1.60. The molecule has 5 rings (SSSR count). The first-order valence-electron chi connectivity index (χ1n) is 9.01. The lowest BCUT2D eigenvalue weighted by atomic mass is 9.97. The van der Waals surface area contributed by atoms with Gasteiger partial charge in [0.1, 0.15) is 5.65 Å². The zero-order chi connectivity index (χ0) is 19.3. The van der Waals surface area contributed by atoms with Gasteiger partial charge in [-0.25, -0.2) is 4.98 Å². The van der Waals surface area contributed by atoms with Crippen LogP contribution in [0.25, 0.3) is 22.2 Å². The molecular formula is C21H18N6O. The van der Waals surface area contributed by atoms with Gasteiger partial charge in [-0.3, -0.25) is 14.5 Å². The number of hydrogen-bond donors (Lipinski definition) is 2. The van der Waals surface area contributed by atoms with Gasteiger partial charge in [-0.05, 0) is 47.9 Å². The van der Waals surface area contributed by atoms with Gasteiger partial charge in [0, 0.05) is 48.4 Å². The lowest BCUT2D eigenvalue weighted by Crippen LogP contribution is -2.15. The van der Waals surface area contributed by atoms with Crippen molar-refractivity contribution in [1.29, 1.82) is 0 Å². The van der Waals surface area contributed by atoms with Crippen LogP contribution in [-0.4, -0.2) is 31.9 Å². The predicted molar refractivity (Wildman–Crippen MR) is 109 cm³/mol. The largest absolute Gasteiger partial charge is 0.346 e. The van der Waals surface area contributed by atoms with Gasteiger partial charge >= 0.3 is 0 Å². The second kappa shape index (κ2) is 6.16. The van der Waals surface area contributed by atoms with E-state index in [9.17, 15) is 4.79 Å². The number of pyridine rings is 1. The molecule has 138 valence electrons. The Labute approximate surface area is 161 Å². The van der Waals surface area contributed by atoms with Gasteiger partial charge in [0.15, 0.2) is 5.69 Å². The van der Waals surface area contributed by atoms with E-state index in [-0.39, 0.29) is 5.91 Å². The fraction of sp³-hybridized carbons (Fsp3) is 0.143. The Bertz CT molecular complexity index is 1260. The number of amides is 1. The first-order chi connectivity index (χ1) is 13.6. The number of anilines is 1. The van der Waals surface area contributed by atoms with E-state index in [4.69, 9.17) is 0 Å². The van der Waals surface area contributed by atoms with Crippen LogP contribution in [0.2, 0.25) is 0 Å². The first-order valence-corrected chi connectivity index (χ1v) is 9.01. The minimum absolute atomic E-state index is 0.223. The minimum atomic E-state index is -0.223. The average Bonchev–Trinajstić information content (AvgIpc) is 3.40. The molecule has 7 heteroatoms. The van der Waals surface area contributed by atoms with Gasteiger partial charge in [0.2, 0.25) is 0 Å². The molecule has 2 N–H and O–H groups in total. The van der Waals surface area contributed by atoms with Crippen molar-refractivity contribution in [2.24, 2.45) is 12.0 Å². The molecule has 0 bridgehead atoms. The van der Waals surface area contributed by atoms with E-state index in [1.54, 1.807) is 17.9 Å².